The Morgan fingerprint density at radius 3 is 2.71 bits per heavy atom. The van der Waals surface area contributed by atoms with Gasteiger partial charge >= 0.3 is 0 Å². The van der Waals surface area contributed by atoms with Crippen LogP contribution in [0.3, 0.4) is 0 Å². The first-order valence-corrected chi connectivity index (χ1v) is 9.64. The monoisotopic (exact) mass is 401 g/mol. The third-order valence-corrected chi connectivity index (χ3v) is 5.68. The third kappa shape index (κ3) is 3.41. The number of likely N-dealkylation sites (N-methyl/N-ethyl adjacent to an activating group) is 1. The Hall–Kier alpha value is -3.05. The van der Waals surface area contributed by atoms with Gasteiger partial charge in [-0.05, 0) is 26.1 Å². The molecule has 1 aliphatic heterocycles. The number of carbonyl (C=O) groups excluding carboxylic acids is 1. The molecule has 0 unspecified atom stereocenters. The number of hydrogen-bond acceptors (Lipinski definition) is 8. The molecule has 0 aliphatic carbocycles. The standard InChI is InChI=1S/C17H19N7O3S/c1-11-10-28-17-19-16(20-23(11)17)18-15(25)12-3-4-13(14(9-12)24(26)27)22-7-5-21(2)6-8-22/h3-4,9-10H,5-8H2,1-2H3,(H,18,20,25). The lowest BCUT2D eigenvalue weighted by molar-refractivity contribution is -0.384. The average molecular weight is 401 g/mol. The second-order valence-electron chi connectivity index (χ2n) is 6.71. The molecule has 4 rings (SSSR count). The second-order valence-corrected chi connectivity index (χ2v) is 7.55. The van der Waals surface area contributed by atoms with Gasteiger partial charge in [0.2, 0.25) is 4.96 Å². The topological polar surface area (TPSA) is 109 Å². The van der Waals surface area contributed by atoms with E-state index in [4.69, 9.17) is 0 Å². The Labute approximate surface area is 164 Å². The van der Waals surface area contributed by atoms with Crippen LogP contribution in [0, 0.1) is 17.0 Å². The molecule has 0 saturated carbocycles. The zero-order valence-corrected chi connectivity index (χ0v) is 16.3. The number of amides is 1. The van der Waals surface area contributed by atoms with Gasteiger partial charge < -0.3 is 9.80 Å². The number of benzene rings is 1. The van der Waals surface area contributed by atoms with Crippen molar-refractivity contribution in [3.63, 3.8) is 0 Å². The summed E-state index contributed by atoms with van der Waals surface area (Å²) in [5, 5.41) is 20.4. The lowest BCUT2D eigenvalue weighted by Gasteiger charge is -2.33. The maximum atomic E-state index is 12.6. The van der Waals surface area contributed by atoms with Gasteiger partial charge in [-0.15, -0.1) is 16.4 Å². The summed E-state index contributed by atoms with van der Waals surface area (Å²) < 4.78 is 1.64. The van der Waals surface area contributed by atoms with E-state index in [1.54, 1.807) is 16.6 Å². The molecule has 146 valence electrons. The maximum Gasteiger partial charge on any atom is 0.293 e. The number of piperazine rings is 1. The van der Waals surface area contributed by atoms with Crippen molar-refractivity contribution >= 4 is 39.5 Å². The zero-order valence-electron chi connectivity index (χ0n) is 15.5. The number of thiazole rings is 1. The third-order valence-electron chi connectivity index (χ3n) is 4.75. The molecule has 10 nitrogen and oxygen atoms in total. The van der Waals surface area contributed by atoms with Crippen LogP contribution in [0.5, 0.6) is 0 Å². The highest BCUT2D eigenvalue weighted by Crippen LogP contribution is 2.30. The minimum absolute atomic E-state index is 0.0770. The lowest BCUT2D eigenvalue weighted by Crippen LogP contribution is -2.44. The van der Waals surface area contributed by atoms with E-state index in [9.17, 15) is 14.9 Å². The van der Waals surface area contributed by atoms with Crippen molar-refractivity contribution in [3.05, 3.63) is 45.0 Å². The zero-order chi connectivity index (χ0) is 19.8. The highest BCUT2D eigenvalue weighted by atomic mass is 32.1. The molecule has 1 fully saturated rings. The molecule has 3 heterocycles. The smallest absolute Gasteiger partial charge is 0.293 e. The number of nitro benzene ring substituents is 1. The fourth-order valence-electron chi connectivity index (χ4n) is 3.14. The van der Waals surface area contributed by atoms with Gasteiger partial charge in [-0.2, -0.15) is 4.98 Å². The molecule has 3 aromatic rings. The lowest BCUT2D eigenvalue weighted by atomic mass is 10.1. The summed E-state index contributed by atoms with van der Waals surface area (Å²) in [6.45, 7) is 4.98. The van der Waals surface area contributed by atoms with Gasteiger partial charge in [0.1, 0.15) is 5.69 Å². The van der Waals surface area contributed by atoms with Gasteiger partial charge in [0, 0.05) is 43.2 Å². The van der Waals surface area contributed by atoms with Crippen LogP contribution in [0.2, 0.25) is 0 Å². The molecule has 0 radical (unpaired) electrons. The molecule has 28 heavy (non-hydrogen) atoms. The van der Waals surface area contributed by atoms with E-state index in [0.29, 0.717) is 23.7 Å². The summed E-state index contributed by atoms with van der Waals surface area (Å²) in [5.74, 6) is -0.310. The van der Waals surface area contributed by atoms with E-state index in [1.165, 1.54) is 17.4 Å². The summed E-state index contributed by atoms with van der Waals surface area (Å²) in [7, 11) is 2.02. The SMILES string of the molecule is Cc1csc2nc(NC(=O)c3ccc(N4CCN(C)CC4)c([N+](=O)[O-])c3)nn12. The van der Waals surface area contributed by atoms with Crippen LogP contribution < -0.4 is 10.2 Å². The van der Waals surface area contributed by atoms with Crippen molar-refractivity contribution in [1.82, 2.24) is 19.5 Å². The fraction of sp³-hybridized carbons (Fsp3) is 0.353. The number of rotatable bonds is 4. The molecule has 2 aromatic heterocycles. The van der Waals surface area contributed by atoms with Crippen LogP contribution in [0.4, 0.5) is 17.3 Å². The molecular formula is C17H19N7O3S. The van der Waals surface area contributed by atoms with E-state index >= 15 is 0 Å². The minimum atomic E-state index is -0.482. The first-order valence-electron chi connectivity index (χ1n) is 8.76. The largest absolute Gasteiger partial charge is 0.363 e. The number of aryl methyl sites for hydroxylation is 1. The minimum Gasteiger partial charge on any atom is -0.363 e. The van der Waals surface area contributed by atoms with Crippen molar-refractivity contribution in [2.75, 3.05) is 43.4 Å². The van der Waals surface area contributed by atoms with Gasteiger partial charge in [-0.3, -0.25) is 20.2 Å². The van der Waals surface area contributed by atoms with Crippen LogP contribution in [0.1, 0.15) is 16.1 Å². The van der Waals surface area contributed by atoms with Gasteiger partial charge in [-0.1, -0.05) is 0 Å². The van der Waals surface area contributed by atoms with Crippen molar-refractivity contribution in [2.45, 2.75) is 6.92 Å². The molecule has 1 N–H and O–H groups in total. The Kier molecular flexibility index (Phi) is 4.69. The van der Waals surface area contributed by atoms with Gasteiger partial charge in [0.05, 0.1) is 10.6 Å². The van der Waals surface area contributed by atoms with Crippen LogP contribution >= 0.6 is 11.3 Å². The summed E-state index contributed by atoms with van der Waals surface area (Å²) in [5.41, 5.74) is 1.57. The summed E-state index contributed by atoms with van der Waals surface area (Å²) in [6.07, 6.45) is 0. The molecule has 1 saturated heterocycles. The average Bonchev–Trinajstić information content (AvgIpc) is 3.23. The highest BCUT2D eigenvalue weighted by molar-refractivity contribution is 7.15. The predicted octanol–water partition coefficient (Wildman–Crippen LogP) is 2.01. The Morgan fingerprint density at radius 1 is 1.29 bits per heavy atom. The number of aromatic nitrogens is 3. The van der Waals surface area contributed by atoms with Crippen LogP contribution in [-0.2, 0) is 0 Å². The number of nitro groups is 1. The molecule has 11 heteroatoms. The van der Waals surface area contributed by atoms with Crippen molar-refractivity contribution < 1.29 is 9.72 Å². The van der Waals surface area contributed by atoms with E-state index in [-0.39, 0.29) is 17.2 Å². The Balaban J connectivity index is 1.57. The number of hydrogen-bond donors (Lipinski definition) is 1. The molecular weight excluding hydrogens is 382 g/mol. The molecule has 0 atom stereocenters. The van der Waals surface area contributed by atoms with Crippen molar-refractivity contribution in [2.24, 2.45) is 0 Å². The summed E-state index contributed by atoms with van der Waals surface area (Å²) >= 11 is 1.42. The molecule has 1 amide bonds. The number of carbonyl (C=O) groups is 1. The van der Waals surface area contributed by atoms with Gasteiger partial charge in [0.15, 0.2) is 0 Å². The summed E-state index contributed by atoms with van der Waals surface area (Å²) in [4.78, 5) is 32.8. The number of anilines is 2. The van der Waals surface area contributed by atoms with E-state index < -0.39 is 10.8 Å². The van der Waals surface area contributed by atoms with E-state index in [0.717, 1.165) is 18.8 Å². The van der Waals surface area contributed by atoms with E-state index in [1.807, 2.05) is 24.3 Å². The molecule has 1 aromatic carbocycles. The number of fused-ring (bicyclic) bond motifs is 1. The predicted molar refractivity (Wildman–Crippen MR) is 106 cm³/mol. The van der Waals surface area contributed by atoms with Crippen LogP contribution in [0.25, 0.3) is 4.96 Å². The number of nitrogens with one attached hydrogen (secondary N) is 1. The second kappa shape index (κ2) is 7.17. The van der Waals surface area contributed by atoms with Crippen LogP contribution in [-0.4, -0.2) is 63.6 Å². The van der Waals surface area contributed by atoms with Gasteiger partial charge in [0.25, 0.3) is 17.5 Å². The maximum absolute atomic E-state index is 12.6. The number of nitrogens with zero attached hydrogens (tertiary/aromatic N) is 6. The first kappa shape index (κ1) is 18.3. The van der Waals surface area contributed by atoms with Crippen molar-refractivity contribution in [3.8, 4) is 0 Å². The highest BCUT2D eigenvalue weighted by Gasteiger charge is 2.24. The summed E-state index contributed by atoms with van der Waals surface area (Å²) in [6, 6.07) is 4.55. The van der Waals surface area contributed by atoms with Crippen LogP contribution in [0.15, 0.2) is 23.6 Å². The van der Waals surface area contributed by atoms with Gasteiger partial charge in [-0.25, -0.2) is 4.52 Å². The molecule has 0 spiro atoms. The molecule has 0 bridgehead atoms. The fourth-order valence-corrected chi connectivity index (χ4v) is 3.94. The van der Waals surface area contributed by atoms with Crippen molar-refractivity contribution in [1.29, 1.82) is 0 Å². The van der Waals surface area contributed by atoms with E-state index in [2.05, 4.69) is 20.3 Å². The normalized spacial score (nSPS) is 15.1. The quantitative estimate of drug-likeness (QED) is 0.526. The first-order chi connectivity index (χ1) is 13.4. The Morgan fingerprint density at radius 2 is 2.04 bits per heavy atom. The Bertz CT molecular complexity index is 1050. The molecule has 1 aliphatic rings.